The Hall–Kier alpha value is -1.17. The van der Waals surface area contributed by atoms with E-state index in [4.69, 9.17) is 0 Å². The third-order valence-corrected chi connectivity index (χ3v) is 3.36. The van der Waals surface area contributed by atoms with Crippen molar-refractivity contribution in [3.05, 3.63) is 62.7 Å². The summed E-state index contributed by atoms with van der Waals surface area (Å²) >= 11 is 2.22. The van der Waals surface area contributed by atoms with Crippen molar-refractivity contribution in [1.82, 2.24) is 0 Å². The lowest BCUT2D eigenvalue weighted by molar-refractivity contribution is 0.594. The Bertz CT molecular complexity index is 552. The second-order valence-electron chi connectivity index (χ2n) is 4.06. The highest BCUT2D eigenvalue weighted by Gasteiger charge is 2.06. The molecule has 0 radical (unpaired) electrons. The van der Waals surface area contributed by atoms with Gasteiger partial charge in [-0.2, -0.15) is 0 Å². The molecule has 2 aromatic rings. The predicted octanol–water partition coefficient (Wildman–Crippen LogP) is 4.49. The molecule has 0 saturated heterocycles. The molecule has 0 bridgehead atoms. The molecule has 18 heavy (non-hydrogen) atoms. The summed E-state index contributed by atoms with van der Waals surface area (Å²) in [5.41, 5.74) is 1.53. The Balaban J connectivity index is 2.10. The SMILES string of the molecule is Cc1cc(F)c(NCc2ccc(I)cc2)cc1F. The van der Waals surface area contributed by atoms with E-state index in [1.54, 1.807) is 6.92 Å². The first kappa shape index (κ1) is 13.3. The van der Waals surface area contributed by atoms with Crippen molar-refractivity contribution < 1.29 is 8.78 Å². The molecule has 0 unspecified atom stereocenters. The summed E-state index contributed by atoms with van der Waals surface area (Å²) in [5.74, 6) is -0.832. The highest BCUT2D eigenvalue weighted by molar-refractivity contribution is 14.1. The lowest BCUT2D eigenvalue weighted by Crippen LogP contribution is -2.02. The van der Waals surface area contributed by atoms with Crippen molar-refractivity contribution in [3.8, 4) is 0 Å². The lowest BCUT2D eigenvalue weighted by atomic mass is 10.2. The lowest BCUT2D eigenvalue weighted by Gasteiger charge is -2.09. The smallest absolute Gasteiger partial charge is 0.146 e. The van der Waals surface area contributed by atoms with Crippen LogP contribution in [0.25, 0.3) is 0 Å². The Labute approximate surface area is 118 Å². The number of anilines is 1. The Morgan fingerprint density at radius 1 is 1.06 bits per heavy atom. The molecule has 0 atom stereocenters. The summed E-state index contributed by atoms with van der Waals surface area (Å²) in [6.07, 6.45) is 0. The van der Waals surface area contributed by atoms with Crippen LogP contribution in [0.3, 0.4) is 0 Å². The number of benzene rings is 2. The minimum Gasteiger partial charge on any atom is -0.379 e. The fourth-order valence-electron chi connectivity index (χ4n) is 1.58. The van der Waals surface area contributed by atoms with Gasteiger partial charge in [-0.05, 0) is 58.8 Å². The van der Waals surface area contributed by atoms with Crippen LogP contribution < -0.4 is 5.32 Å². The first-order valence-electron chi connectivity index (χ1n) is 5.50. The predicted molar refractivity (Wildman–Crippen MR) is 77.6 cm³/mol. The maximum atomic E-state index is 13.6. The maximum absolute atomic E-state index is 13.6. The number of halogens is 3. The van der Waals surface area contributed by atoms with Crippen molar-refractivity contribution in [2.75, 3.05) is 5.32 Å². The molecule has 0 spiro atoms. The van der Waals surface area contributed by atoms with Crippen molar-refractivity contribution >= 4 is 28.3 Å². The molecule has 94 valence electrons. The summed E-state index contributed by atoms with van der Waals surface area (Å²) in [6, 6.07) is 10.3. The van der Waals surface area contributed by atoms with Crippen LogP contribution >= 0.6 is 22.6 Å². The Morgan fingerprint density at radius 3 is 2.39 bits per heavy atom. The van der Waals surface area contributed by atoms with Crippen LogP contribution in [0, 0.1) is 22.1 Å². The van der Waals surface area contributed by atoms with Gasteiger partial charge in [-0.25, -0.2) is 8.78 Å². The van der Waals surface area contributed by atoms with Crippen LogP contribution in [0.1, 0.15) is 11.1 Å². The topological polar surface area (TPSA) is 12.0 Å². The van der Waals surface area contributed by atoms with Gasteiger partial charge in [0.2, 0.25) is 0 Å². The zero-order chi connectivity index (χ0) is 13.1. The van der Waals surface area contributed by atoms with E-state index in [0.717, 1.165) is 9.13 Å². The molecule has 0 heterocycles. The molecular formula is C14H12F2IN. The summed E-state index contributed by atoms with van der Waals surface area (Å²) in [7, 11) is 0. The normalized spacial score (nSPS) is 10.4. The standard InChI is InChI=1S/C14H12F2IN/c1-9-6-13(16)14(7-12(9)15)18-8-10-2-4-11(17)5-3-10/h2-7,18H,8H2,1H3. The quantitative estimate of drug-likeness (QED) is 0.797. The molecule has 2 rings (SSSR count). The first-order valence-corrected chi connectivity index (χ1v) is 6.58. The van der Waals surface area contributed by atoms with E-state index >= 15 is 0 Å². The minimum atomic E-state index is -0.431. The van der Waals surface area contributed by atoms with Crippen molar-refractivity contribution in [1.29, 1.82) is 0 Å². The molecule has 1 N–H and O–H groups in total. The summed E-state index contributed by atoms with van der Waals surface area (Å²) in [6.45, 7) is 2.01. The number of rotatable bonds is 3. The zero-order valence-corrected chi connectivity index (χ0v) is 12.0. The van der Waals surface area contributed by atoms with Gasteiger partial charge >= 0.3 is 0 Å². The van der Waals surface area contributed by atoms with E-state index in [2.05, 4.69) is 27.9 Å². The number of hydrogen-bond acceptors (Lipinski definition) is 1. The Kier molecular flexibility index (Phi) is 4.16. The number of nitrogens with one attached hydrogen (secondary N) is 1. The van der Waals surface area contributed by atoms with Crippen molar-refractivity contribution in [2.45, 2.75) is 13.5 Å². The number of aryl methyl sites for hydroxylation is 1. The maximum Gasteiger partial charge on any atom is 0.146 e. The first-order chi connectivity index (χ1) is 8.56. The van der Waals surface area contributed by atoms with E-state index in [0.29, 0.717) is 12.1 Å². The molecule has 2 aromatic carbocycles. The third-order valence-electron chi connectivity index (χ3n) is 2.64. The van der Waals surface area contributed by atoms with Crippen molar-refractivity contribution in [3.63, 3.8) is 0 Å². The van der Waals surface area contributed by atoms with E-state index in [-0.39, 0.29) is 5.69 Å². The van der Waals surface area contributed by atoms with Gasteiger partial charge in [0.15, 0.2) is 0 Å². The van der Waals surface area contributed by atoms with Crippen LogP contribution in [-0.4, -0.2) is 0 Å². The largest absolute Gasteiger partial charge is 0.379 e. The van der Waals surface area contributed by atoms with Crippen LogP contribution in [0.2, 0.25) is 0 Å². The molecule has 0 fully saturated rings. The highest BCUT2D eigenvalue weighted by atomic mass is 127. The average molecular weight is 359 g/mol. The minimum absolute atomic E-state index is 0.191. The van der Waals surface area contributed by atoms with Crippen LogP contribution in [0.15, 0.2) is 36.4 Å². The summed E-state index contributed by atoms with van der Waals surface area (Å²) in [5, 5.41) is 2.90. The summed E-state index contributed by atoms with van der Waals surface area (Å²) in [4.78, 5) is 0. The molecule has 0 saturated carbocycles. The molecule has 0 aromatic heterocycles. The highest BCUT2D eigenvalue weighted by Crippen LogP contribution is 2.19. The Morgan fingerprint density at radius 2 is 1.72 bits per heavy atom. The fraction of sp³-hybridized carbons (Fsp3) is 0.143. The van der Waals surface area contributed by atoms with Crippen LogP contribution in [0.4, 0.5) is 14.5 Å². The molecule has 1 nitrogen and oxygen atoms in total. The van der Waals surface area contributed by atoms with Gasteiger partial charge in [0.05, 0.1) is 5.69 Å². The van der Waals surface area contributed by atoms with Gasteiger partial charge < -0.3 is 5.32 Å². The van der Waals surface area contributed by atoms with Crippen LogP contribution in [0.5, 0.6) is 0 Å². The van der Waals surface area contributed by atoms with Crippen molar-refractivity contribution in [2.24, 2.45) is 0 Å². The molecule has 0 aliphatic carbocycles. The van der Waals surface area contributed by atoms with Gasteiger partial charge in [0, 0.05) is 16.2 Å². The third kappa shape index (κ3) is 3.19. The van der Waals surface area contributed by atoms with Crippen LogP contribution in [-0.2, 0) is 6.54 Å². The fourth-order valence-corrected chi connectivity index (χ4v) is 1.94. The molecule has 0 amide bonds. The molecule has 0 aliphatic heterocycles. The van der Waals surface area contributed by atoms with Gasteiger partial charge in [-0.15, -0.1) is 0 Å². The molecule has 0 aliphatic rings. The zero-order valence-electron chi connectivity index (χ0n) is 9.81. The van der Waals surface area contributed by atoms with E-state index in [1.807, 2.05) is 24.3 Å². The van der Waals surface area contributed by atoms with E-state index in [1.165, 1.54) is 12.1 Å². The van der Waals surface area contributed by atoms with Gasteiger partial charge in [-0.1, -0.05) is 12.1 Å². The monoisotopic (exact) mass is 359 g/mol. The van der Waals surface area contributed by atoms with Gasteiger partial charge in [0.1, 0.15) is 11.6 Å². The second kappa shape index (κ2) is 5.65. The molecule has 4 heteroatoms. The van der Waals surface area contributed by atoms with Gasteiger partial charge in [-0.3, -0.25) is 0 Å². The second-order valence-corrected chi connectivity index (χ2v) is 5.31. The average Bonchev–Trinajstić information content (AvgIpc) is 2.34. The van der Waals surface area contributed by atoms with E-state index in [9.17, 15) is 8.78 Å². The molecular weight excluding hydrogens is 347 g/mol. The van der Waals surface area contributed by atoms with Gasteiger partial charge in [0.25, 0.3) is 0 Å². The number of hydrogen-bond donors (Lipinski definition) is 1. The van der Waals surface area contributed by atoms with E-state index < -0.39 is 11.6 Å². The summed E-state index contributed by atoms with van der Waals surface area (Å²) < 4.78 is 28.0.